The normalized spacial score (nSPS) is 11.9. The Morgan fingerprint density at radius 1 is 0.571 bits per heavy atom. The van der Waals surface area contributed by atoms with Gasteiger partial charge in [-0.15, -0.1) is 0 Å². The average Bonchev–Trinajstić information content (AvgIpc) is 2.73. The van der Waals surface area contributed by atoms with Gasteiger partial charge in [-0.25, -0.2) is 0 Å². The van der Waals surface area contributed by atoms with Crippen molar-refractivity contribution in [1.82, 2.24) is 0 Å². The van der Waals surface area contributed by atoms with Crippen LogP contribution in [0.2, 0.25) is 0 Å². The Bertz CT molecular complexity index is 1100. The third kappa shape index (κ3) is 3.58. The fraction of sp³-hybridized carbons (Fsp3) is 0.0833. The molecule has 4 nitrogen and oxygen atoms in total. The first-order valence-corrected chi connectivity index (χ1v) is 9.15. The third-order valence-corrected chi connectivity index (χ3v) is 4.69. The third-order valence-electron chi connectivity index (χ3n) is 4.69. The second-order valence-electron chi connectivity index (χ2n) is 6.51. The lowest BCUT2D eigenvalue weighted by Crippen LogP contribution is -1.93. The fourth-order valence-electron chi connectivity index (χ4n) is 3.27. The van der Waals surface area contributed by atoms with Gasteiger partial charge in [-0.3, -0.25) is 9.98 Å². The second-order valence-corrected chi connectivity index (χ2v) is 6.51. The number of phenolic OH excluding ortho intramolecular Hbond substituents is 2. The molecule has 0 aliphatic rings. The summed E-state index contributed by atoms with van der Waals surface area (Å²) in [6.07, 6.45) is 3.39. The number of phenols is 2. The van der Waals surface area contributed by atoms with E-state index < -0.39 is 0 Å². The lowest BCUT2D eigenvalue weighted by atomic mass is 10.0. The van der Waals surface area contributed by atoms with Gasteiger partial charge in [-0.05, 0) is 33.7 Å². The van der Waals surface area contributed by atoms with Crippen LogP contribution < -0.4 is 0 Å². The fourth-order valence-corrected chi connectivity index (χ4v) is 3.27. The zero-order valence-electron chi connectivity index (χ0n) is 15.3. The molecular formula is C24H20N2O2. The number of aliphatic imine (C=N–C) groups is 2. The molecule has 0 fully saturated rings. The van der Waals surface area contributed by atoms with Crippen LogP contribution in [0, 0.1) is 0 Å². The molecule has 0 aliphatic carbocycles. The van der Waals surface area contributed by atoms with Crippen molar-refractivity contribution in [2.45, 2.75) is 0 Å². The molecule has 28 heavy (non-hydrogen) atoms. The zero-order chi connectivity index (χ0) is 19.3. The van der Waals surface area contributed by atoms with E-state index in [2.05, 4.69) is 9.98 Å². The van der Waals surface area contributed by atoms with E-state index in [1.54, 1.807) is 24.6 Å². The van der Waals surface area contributed by atoms with E-state index >= 15 is 0 Å². The van der Waals surface area contributed by atoms with Crippen molar-refractivity contribution >= 4 is 34.0 Å². The monoisotopic (exact) mass is 368 g/mol. The van der Waals surface area contributed by atoms with E-state index in [-0.39, 0.29) is 11.5 Å². The van der Waals surface area contributed by atoms with E-state index in [9.17, 15) is 10.2 Å². The zero-order valence-corrected chi connectivity index (χ0v) is 15.3. The van der Waals surface area contributed by atoms with Gasteiger partial charge in [0.25, 0.3) is 0 Å². The molecule has 4 rings (SSSR count). The molecule has 0 atom stereocenters. The Morgan fingerprint density at radius 2 is 1.00 bits per heavy atom. The molecule has 0 bridgehead atoms. The molecule has 0 heterocycles. The largest absolute Gasteiger partial charge is 0.507 e. The summed E-state index contributed by atoms with van der Waals surface area (Å²) >= 11 is 0. The summed E-state index contributed by atoms with van der Waals surface area (Å²) in [5.74, 6) is 0.429. The van der Waals surface area contributed by atoms with Crippen LogP contribution >= 0.6 is 0 Å². The maximum absolute atomic E-state index is 10.1. The molecule has 4 aromatic rings. The maximum atomic E-state index is 10.1. The highest BCUT2D eigenvalue weighted by molar-refractivity contribution is 6.03. The second kappa shape index (κ2) is 7.92. The van der Waals surface area contributed by atoms with Crippen molar-refractivity contribution in [3.63, 3.8) is 0 Å². The molecular weight excluding hydrogens is 348 g/mol. The minimum absolute atomic E-state index is 0.214. The van der Waals surface area contributed by atoms with Gasteiger partial charge in [0.05, 0.1) is 13.1 Å². The predicted octanol–water partition coefficient (Wildman–Crippen LogP) is 4.94. The van der Waals surface area contributed by atoms with Crippen molar-refractivity contribution in [3.05, 3.63) is 83.9 Å². The highest BCUT2D eigenvalue weighted by Crippen LogP contribution is 2.26. The first-order chi connectivity index (χ1) is 13.7. The van der Waals surface area contributed by atoms with Crippen LogP contribution in [0.3, 0.4) is 0 Å². The van der Waals surface area contributed by atoms with Gasteiger partial charge in [0.15, 0.2) is 0 Å². The number of fused-ring (bicyclic) bond motifs is 2. The molecule has 0 aromatic heterocycles. The van der Waals surface area contributed by atoms with E-state index in [4.69, 9.17) is 0 Å². The van der Waals surface area contributed by atoms with Crippen LogP contribution in [0.25, 0.3) is 21.5 Å². The van der Waals surface area contributed by atoms with Crippen molar-refractivity contribution in [1.29, 1.82) is 0 Å². The van der Waals surface area contributed by atoms with E-state index in [0.717, 1.165) is 21.5 Å². The van der Waals surface area contributed by atoms with Gasteiger partial charge in [0.2, 0.25) is 0 Å². The molecule has 4 heteroatoms. The summed E-state index contributed by atoms with van der Waals surface area (Å²) in [6, 6.07) is 22.9. The van der Waals surface area contributed by atoms with Crippen LogP contribution in [0.5, 0.6) is 11.5 Å². The molecule has 0 unspecified atom stereocenters. The lowest BCUT2D eigenvalue weighted by molar-refractivity contribution is 0.475. The summed E-state index contributed by atoms with van der Waals surface area (Å²) in [5, 5.41) is 24.3. The molecule has 138 valence electrons. The molecule has 4 aromatic carbocycles. The first-order valence-electron chi connectivity index (χ1n) is 9.15. The summed E-state index contributed by atoms with van der Waals surface area (Å²) in [7, 11) is 0. The average molecular weight is 368 g/mol. The summed E-state index contributed by atoms with van der Waals surface area (Å²) in [4.78, 5) is 8.81. The standard InChI is InChI=1S/C24H20N2O2/c27-23-11-9-17-5-1-3-7-19(17)21(23)15-25-13-14-26-16-22-20-8-4-2-6-18(20)10-12-24(22)28/h1-12,15-16,27-28H,13-14H2/b25-15+,26-16+. The van der Waals surface area contributed by atoms with Crippen LogP contribution in [0.15, 0.2) is 82.8 Å². The van der Waals surface area contributed by atoms with Gasteiger partial charge in [0, 0.05) is 23.6 Å². The van der Waals surface area contributed by atoms with Gasteiger partial charge in [0.1, 0.15) is 11.5 Å². The number of nitrogens with zero attached hydrogens (tertiary/aromatic N) is 2. The highest BCUT2D eigenvalue weighted by atomic mass is 16.3. The summed E-state index contributed by atoms with van der Waals surface area (Å²) in [5.41, 5.74) is 1.43. The number of hydrogen-bond donors (Lipinski definition) is 2. The Hall–Kier alpha value is -3.66. The van der Waals surface area contributed by atoms with Crippen LogP contribution in [0.4, 0.5) is 0 Å². The first kappa shape index (κ1) is 17.7. The highest BCUT2D eigenvalue weighted by Gasteiger charge is 2.05. The van der Waals surface area contributed by atoms with Crippen molar-refractivity contribution in [2.75, 3.05) is 13.1 Å². The van der Waals surface area contributed by atoms with Gasteiger partial charge in [-0.2, -0.15) is 0 Å². The number of aromatic hydroxyl groups is 2. The molecule has 2 N–H and O–H groups in total. The van der Waals surface area contributed by atoms with E-state index in [0.29, 0.717) is 24.2 Å². The Labute approximate surface area is 163 Å². The number of hydrogen-bond acceptors (Lipinski definition) is 4. The molecule has 0 saturated heterocycles. The molecule has 0 radical (unpaired) electrons. The quantitative estimate of drug-likeness (QED) is 0.387. The van der Waals surface area contributed by atoms with E-state index in [1.165, 1.54) is 0 Å². The Balaban J connectivity index is 1.47. The minimum atomic E-state index is 0.214. The van der Waals surface area contributed by atoms with Crippen molar-refractivity contribution in [2.24, 2.45) is 9.98 Å². The SMILES string of the molecule is Oc1ccc2ccccc2c1/C=N/CC/N=C/c1c(O)ccc2ccccc12. The minimum Gasteiger partial charge on any atom is -0.507 e. The summed E-state index contributed by atoms with van der Waals surface area (Å²) < 4.78 is 0. The number of benzene rings is 4. The van der Waals surface area contributed by atoms with Crippen LogP contribution in [0.1, 0.15) is 11.1 Å². The van der Waals surface area contributed by atoms with Crippen molar-refractivity contribution < 1.29 is 10.2 Å². The Morgan fingerprint density at radius 3 is 1.46 bits per heavy atom. The van der Waals surface area contributed by atoms with Gasteiger partial charge in [-0.1, -0.05) is 60.7 Å². The molecule has 0 spiro atoms. The Kier molecular flexibility index (Phi) is 5.02. The van der Waals surface area contributed by atoms with Crippen LogP contribution in [-0.2, 0) is 0 Å². The molecule has 0 aliphatic heterocycles. The summed E-state index contributed by atoms with van der Waals surface area (Å²) in [6.45, 7) is 0.982. The van der Waals surface area contributed by atoms with E-state index in [1.807, 2.05) is 60.7 Å². The predicted molar refractivity (Wildman–Crippen MR) is 116 cm³/mol. The maximum Gasteiger partial charge on any atom is 0.124 e. The molecule has 0 amide bonds. The lowest BCUT2D eigenvalue weighted by Gasteiger charge is -2.05. The topological polar surface area (TPSA) is 65.2 Å². The van der Waals surface area contributed by atoms with Gasteiger partial charge < -0.3 is 10.2 Å². The van der Waals surface area contributed by atoms with Gasteiger partial charge >= 0.3 is 0 Å². The van der Waals surface area contributed by atoms with Crippen molar-refractivity contribution in [3.8, 4) is 11.5 Å². The molecule has 0 saturated carbocycles. The number of rotatable bonds is 5. The smallest absolute Gasteiger partial charge is 0.124 e. The van der Waals surface area contributed by atoms with Crippen LogP contribution in [-0.4, -0.2) is 35.7 Å².